The van der Waals surface area contributed by atoms with Crippen molar-refractivity contribution >= 4 is 43.9 Å². The van der Waals surface area contributed by atoms with Crippen LogP contribution in [0, 0.1) is 0 Å². The molecule has 0 bridgehead atoms. The summed E-state index contributed by atoms with van der Waals surface area (Å²) in [7, 11) is 0. The third-order valence-electron chi connectivity index (χ3n) is 4.08. The van der Waals surface area contributed by atoms with Crippen LogP contribution in [-0.2, 0) is 0 Å². The van der Waals surface area contributed by atoms with E-state index in [9.17, 15) is 4.79 Å². The van der Waals surface area contributed by atoms with E-state index < -0.39 is 0 Å². The minimum atomic E-state index is -0.119. The molecule has 1 aliphatic heterocycles. The zero-order chi connectivity index (χ0) is 15.6. The first-order valence-electron chi connectivity index (χ1n) is 7.60. The van der Waals surface area contributed by atoms with Crippen molar-refractivity contribution in [3.05, 3.63) is 40.3 Å². The van der Waals surface area contributed by atoms with Crippen molar-refractivity contribution in [1.29, 1.82) is 0 Å². The number of rotatable bonds is 3. The van der Waals surface area contributed by atoms with Gasteiger partial charge in [0.05, 0.1) is 15.7 Å². The molecular weight excluding hydrogens is 328 g/mol. The maximum absolute atomic E-state index is 12.4. The molecule has 0 radical (unpaired) electrons. The highest BCUT2D eigenvalue weighted by molar-refractivity contribution is 7.16. The second kappa shape index (κ2) is 6.35. The summed E-state index contributed by atoms with van der Waals surface area (Å²) in [6.07, 6.45) is 4.18. The zero-order valence-electron chi connectivity index (χ0n) is 12.4. The van der Waals surface area contributed by atoms with Gasteiger partial charge in [0.2, 0.25) is 0 Å². The van der Waals surface area contributed by atoms with Gasteiger partial charge in [0, 0.05) is 16.6 Å². The highest BCUT2D eigenvalue weighted by atomic mass is 32.1. The molecule has 1 aliphatic rings. The Labute approximate surface area is 141 Å². The number of hydrogen-bond acceptors (Lipinski definition) is 6. The summed E-state index contributed by atoms with van der Waals surface area (Å²) >= 11 is 3.13. The van der Waals surface area contributed by atoms with Crippen molar-refractivity contribution in [2.45, 2.75) is 18.8 Å². The number of anilines is 1. The maximum Gasteiger partial charge on any atom is 0.257 e. The molecule has 1 aromatic carbocycles. The molecule has 3 heterocycles. The van der Waals surface area contributed by atoms with Gasteiger partial charge in [-0.1, -0.05) is 0 Å². The van der Waals surface area contributed by atoms with Gasteiger partial charge in [-0.25, -0.2) is 9.97 Å². The van der Waals surface area contributed by atoms with Gasteiger partial charge in [0.25, 0.3) is 5.91 Å². The van der Waals surface area contributed by atoms with E-state index in [1.807, 2.05) is 18.3 Å². The Morgan fingerprint density at radius 1 is 1.26 bits per heavy atom. The van der Waals surface area contributed by atoms with Crippen LogP contribution < -0.4 is 10.6 Å². The molecule has 1 amide bonds. The molecule has 0 spiro atoms. The molecule has 2 aromatic heterocycles. The number of carbonyl (C=O) groups excluding carboxylic acids is 1. The molecule has 0 unspecified atom stereocenters. The Hall–Kier alpha value is -1.83. The molecule has 1 saturated heterocycles. The van der Waals surface area contributed by atoms with Crippen LogP contribution in [0.15, 0.2) is 29.9 Å². The normalized spacial score (nSPS) is 15.8. The molecule has 1 fully saturated rings. The third kappa shape index (κ3) is 3.12. The van der Waals surface area contributed by atoms with Crippen molar-refractivity contribution in [1.82, 2.24) is 15.3 Å². The summed E-state index contributed by atoms with van der Waals surface area (Å²) in [5.74, 6) is 0.444. The Bertz CT molecular complexity index is 835. The zero-order valence-corrected chi connectivity index (χ0v) is 14.0. The van der Waals surface area contributed by atoms with Crippen LogP contribution in [0.4, 0.5) is 5.13 Å². The van der Waals surface area contributed by atoms with Gasteiger partial charge in [0.15, 0.2) is 5.13 Å². The number of fused-ring (bicyclic) bond motifs is 1. The summed E-state index contributed by atoms with van der Waals surface area (Å²) in [5, 5.41) is 6.95. The molecule has 3 aromatic rings. The van der Waals surface area contributed by atoms with Gasteiger partial charge < -0.3 is 5.32 Å². The Balaban J connectivity index is 1.48. The lowest BCUT2D eigenvalue weighted by atomic mass is 9.97. The number of piperidine rings is 1. The van der Waals surface area contributed by atoms with Crippen LogP contribution in [0.5, 0.6) is 0 Å². The first-order chi connectivity index (χ1) is 11.3. The van der Waals surface area contributed by atoms with E-state index in [1.165, 1.54) is 16.2 Å². The summed E-state index contributed by atoms with van der Waals surface area (Å²) < 4.78 is 1.02. The minimum absolute atomic E-state index is 0.119. The van der Waals surface area contributed by atoms with Gasteiger partial charge in [0.1, 0.15) is 0 Å². The van der Waals surface area contributed by atoms with E-state index in [2.05, 4.69) is 20.6 Å². The van der Waals surface area contributed by atoms with Crippen LogP contribution in [0.1, 0.15) is 34.0 Å². The summed E-state index contributed by atoms with van der Waals surface area (Å²) in [4.78, 5) is 22.3. The predicted molar refractivity (Wildman–Crippen MR) is 94.5 cm³/mol. The van der Waals surface area contributed by atoms with E-state index in [1.54, 1.807) is 22.9 Å². The van der Waals surface area contributed by atoms with Gasteiger partial charge in [-0.05, 0) is 50.0 Å². The number of thiazole rings is 2. The first kappa shape index (κ1) is 14.7. The Morgan fingerprint density at radius 2 is 2.13 bits per heavy atom. The largest absolute Gasteiger partial charge is 0.317 e. The van der Waals surface area contributed by atoms with Crippen LogP contribution in [0.25, 0.3) is 10.2 Å². The van der Waals surface area contributed by atoms with Gasteiger partial charge in [-0.3, -0.25) is 10.1 Å². The van der Waals surface area contributed by atoms with Gasteiger partial charge in [-0.2, -0.15) is 0 Å². The van der Waals surface area contributed by atoms with Crippen molar-refractivity contribution in [2.24, 2.45) is 0 Å². The topological polar surface area (TPSA) is 66.9 Å². The average molecular weight is 344 g/mol. The monoisotopic (exact) mass is 344 g/mol. The molecule has 5 nitrogen and oxygen atoms in total. The number of nitrogens with zero attached hydrogens (tertiary/aromatic N) is 2. The molecule has 4 rings (SSSR count). The summed E-state index contributed by atoms with van der Waals surface area (Å²) in [6.45, 7) is 2.11. The summed E-state index contributed by atoms with van der Waals surface area (Å²) in [6, 6.07) is 5.56. The first-order valence-corrected chi connectivity index (χ1v) is 9.30. The SMILES string of the molecule is O=C(Nc1ncc(C2CCNCC2)s1)c1ccc2ncsc2c1. The quantitative estimate of drug-likeness (QED) is 0.763. The molecule has 23 heavy (non-hydrogen) atoms. The molecule has 0 saturated carbocycles. The van der Waals surface area contributed by atoms with Gasteiger partial charge >= 0.3 is 0 Å². The number of hydrogen-bond donors (Lipinski definition) is 2. The smallest absolute Gasteiger partial charge is 0.257 e. The lowest BCUT2D eigenvalue weighted by Crippen LogP contribution is -2.26. The van der Waals surface area contributed by atoms with Crippen LogP contribution in [0.3, 0.4) is 0 Å². The van der Waals surface area contributed by atoms with E-state index in [-0.39, 0.29) is 5.91 Å². The standard InChI is InChI=1S/C16H16N4OS2/c21-15(11-1-2-12-13(7-11)22-9-19-12)20-16-18-8-14(23-16)10-3-5-17-6-4-10/h1-2,7-10,17H,3-6H2,(H,18,20,21). The molecule has 0 aliphatic carbocycles. The van der Waals surface area contributed by atoms with E-state index in [0.717, 1.165) is 36.1 Å². The van der Waals surface area contributed by atoms with Crippen molar-refractivity contribution in [3.63, 3.8) is 0 Å². The van der Waals surface area contributed by atoms with Crippen LogP contribution in [0.2, 0.25) is 0 Å². The maximum atomic E-state index is 12.4. The van der Waals surface area contributed by atoms with Crippen molar-refractivity contribution in [2.75, 3.05) is 18.4 Å². The summed E-state index contributed by atoms with van der Waals surface area (Å²) in [5.41, 5.74) is 3.35. The predicted octanol–water partition coefficient (Wildman–Crippen LogP) is 3.47. The second-order valence-electron chi connectivity index (χ2n) is 5.58. The molecule has 2 N–H and O–H groups in total. The fourth-order valence-electron chi connectivity index (χ4n) is 2.81. The molecule has 0 atom stereocenters. The van der Waals surface area contributed by atoms with E-state index >= 15 is 0 Å². The average Bonchev–Trinajstić information content (AvgIpc) is 3.24. The molecular formula is C16H16N4OS2. The number of aromatic nitrogens is 2. The van der Waals surface area contributed by atoms with Crippen molar-refractivity contribution < 1.29 is 4.79 Å². The van der Waals surface area contributed by atoms with E-state index in [0.29, 0.717) is 16.6 Å². The molecule has 118 valence electrons. The Kier molecular flexibility index (Phi) is 4.07. The lowest BCUT2D eigenvalue weighted by Gasteiger charge is -2.20. The number of amides is 1. The fourth-order valence-corrected chi connectivity index (χ4v) is 4.50. The third-order valence-corrected chi connectivity index (χ3v) is 5.95. The lowest BCUT2D eigenvalue weighted by molar-refractivity contribution is 0.102. The number of carbonyl (C=O) groups is 1. The van der Waals surface area contributed by atoms with Crippen LogP contribution in [-0.4, -0.2) is 29.0 Å². The second-order valence-corrected chi connectivity index (χ2v) is 7.53. The van der Waals surface area contributed by atoms with E-state index in [4.69, 9.17) is 0 Å². The van der Waals surface area contributed by atoms with Crippen molar-refractivity contribution in [3.8, 4) is 0 Å². The van der Waals surface area contributed by atoms with Crippen LogP contribution >= 0.6 is 22.7 Å². The number of benzene rings is 1. The Morgan fingerprint density at radius 3 is 3.00 bits per heavy atom. The minimum Gasteiger partial charge on any atom is -0.317 e. The highest BCUT2D eigenvalue weighted by Gasteiger charge is 2.18. The molecule has 7 heteroatoms. The number of nitrogens with one attached hydrogen (secondary N) is 2. The highest BCUT2D eigenvalue weighted by Crippen LogP contribution is 2.32. The fraction of sp³-hybridized carbons (Fsp3) is 0.312. The van der Waals surface area contributed by atoms with Gasteiger partial charge in [-0.15, -0.1) is 22.7 Å².